The maximum atomic E-state index is 11.7. The number of hydrogen-bond donors (Lipinski definition) is 1. The minimum Gasteiger partial charge on any atom is -0.543 e. The summed E-state index contributed by atoms with van der Waals surface area (Å²) in [6, 6.07) is 41.9. The first-order valence-electron chi connectivity index (χ1n) is 15.6. The van der Waals surface area contributed by atoms with Gasteiger partial charge in [0.15, 0.2) is 0 Å². The molecule has 5 aromatic carbocycles. The van der Waals surface area contributed by atoms with Gasteiger partial charge in [-0.2, -0.15) is 0 Å². The van der Waals surface area contributed by atoms with Gasteiger partial charge in [0, 0.05) is 6.20 Å². The predicted octanol–water partition coefficient (Wildman–Crippen LogP) is 9.65. The molecule has 228 valence electrons. The lowest BCUT2D eigenvalue weighted by atomic mass is 9.77. The van der Waals surface area contributed by atoms with Gasteiger partial charge in [-0.05, 0) is 75.8 Å². The van der Waals surface area contributed by atoms with E-state index >= 15 is 0 Å². The number of aliphatic hydroxyl groups is 1. The van der Waals surface area contributed by atoms with E-state index in [4.69, 9.17) is 9.41 Å². The average molecular weight is 611 g/mol. The summed E-state index contributed by atoms with van der Waals surface area (Å²) in [4.78, 5) is 4.81. The van der Waals surface area contributed by atoms with Crippen LogP contribution in [0.2, 0.25) is 18.1 Å². The number of aryl methyl sites for hydroxylation is 1. The Bertz CT molecular complexity index is 1810. The lowest BCUT2D eigenvalue weighted by Gasteiger charge is -2.37. The van der Waals surface area contributed by atoms with E-state index in [0.29, 0.717) is 5.69 Å². The Hall–Kier alpha value is -4.45. The molecular formula is C40H42N2O2Si. The van der Waals surface area contributed by atoms with Gasteiger partial charge in [0.2, 0.25) is 8.32 Å². The summed E-state index contributed by atoms with van der Waals surface area (Å²) in [6.45, 7) is 13.4. The summed E-state index contributed by atoms with van der Waals surface area (Å²) in [7, 11) is -1.98. The van der Waals surface area contributed by atoms with Gasteiger partial charge < -0.3 is 14.1 Å². The molecule has 0 saturated carbocycles. The summed E-state index contributed by atoms with van der Waals surface area (Å²) in [6.07, 6.45) is 2.95. The Balaban J connectivity index is 1.41. The Morgan fingerprint density at radius 2 is 1.27 bits per heavy atom. The third kappa shape index (κ3) is 5.51. The minimum atomic E-state index is -1.98. The fourth-order valence-electron chi connectivity index (χ4n) is 6.01. The molecule has 1 unspecified atom stereocenters. The van der Waals surface area contributed by atoms with Gasteiger partial charge in [0.1, 0.15) is 17.4 Å². The molecule has 0 saturated heterocycles. The summed E-state index contributed by atoms with van der Waals surface area (Å²) in [5, 5.41) is 14.0. The predicted molar refractivity (Wildman–Crippen MR) is 187 cm³/mol. The zero-order valence-corrected chi connectivity index (χ0v) is 28.0. The van der Waals surface area contributed by atoms with E-state index in [0.717, 1.165) is 44.3 Å². The quantitative estimate of drug-likeness (QED) is 0.138. The molecule has 0 radical (unpaired) electrons. The highest BCUT2D eigenvalue weighted by atomic mass is 28.4. The van der Waals surface area contributed by atoms with E-state index in [9.17, 15) is 5.11 Å². The topological polar surface area (TPSA) is 47.3 Å². The van der Waals surface area contributed by atoms with Crippen molar-refractivity contribution < 1.29 is 9.53 Å². The van der Waals surface area contributed by atoms with Crippen molar-refractivity contribution in [1.29, 1.82) is 0 Å². The maximum absolute atomic E-state index is 11.7. The van der Waals surface area contributed by atoms with Gasteiger partial charge >= 0.3 is 0 Å². The molecule has 45 heavy (non-hydrogen) atoms. The lowest BCUT2D eigenvalue weighted by Crippen LogP contribution is -2.44. The van der Waals surface area contributed by atoms with Crippen molar-refractivity contribution in [2.24, 2.45) is 0 Å². The number of aliphatic hydroxyl groups excluding tert-OH is 1. The molecule has 0 fully saturated rings. The molecule has 1 N–H and O–H groups in total. The molecule has 0 aliphatic carbocycles. The fraction of sp³-hybridized carbons (Fsp3) is 0.225. The van der Waals surface area contributed by atoms with E-state index in [1.54, 1.807) is 0 Å². The van der Waals surface area contributed by atoms with E-state index < -0.39 is 20.0 Å². The van der Waals surface area contributed by atoms with Crippen LogP contribution in [0.4, 0.5) is 0 Å². The van der Waals surface area contributed by atoms with Gasteiger partial charge in [-0.15, -0.1) is 0 Å². The summed E-state index contributed by atoms with van der Waals surface area (Å²) in [5.41, 5.74) is 5.16. The van der Waals surface area contributed by atoms with E-state index in [2.05, 4.69) is 142 Å². The largest absolute Gasteiger partial charge is 0.543 e. The molecule has 6 aromatic rings. The molecule has 4 nitrogen and oxygen atoms in total. The second kappa shape index (κ2) is 11.8. The molecule has 1 heterocycles. The summed E-state index contributed by atoms with van der Waals surface area (Å²) in [5.74, 6) is 0.945. The molecular weight excluding hydrogens is 569 g/mol. The molecule has 6 rings (SSSR count). The highest BCUT2D eigenvalue weighted by Gasteiger charge is 2.40. The third-order valence-electron chi connectivity index (χ3n) is 9.60. The van der Waals surface area contributed by atoms with Gasteiger partial charge in [-0.1, -0.05) is 130 Å². The van der Waals surface area contributed by atoms with Gasteiger partial charge in [-0.25, -0.2) is 4.98 Å². The molecule has 1 atom stereocenters. The first-order valence-corrected chi connectivity index (χ1v) is 18.5. The van der Waals surface area contributed by atoms with Crippen LogP contribution in [-0.4, -0.2) is 23.0 Å². The number of hydrogen-bond acceptors (Lipinski definition) is 3. The Labute approximate surface area is 268 Å². The minimum absolute atomic E-state index is 0.116. The Morgan fingerprint density at radius 1 is 0.733 bits per heavy atom. The number of rotatable bonds is 8. The number of benzene rings is 5. The lowest BCUT2D eigenvalue weighted by molar-refractivity contribution is 0.216. The Kier molecular flexibility index (Phi) is 8.02. The van der Waals surface area contributed by atoms with E-state index in [1.807, 2.05) is 36.8 Å². The smallest absolute Gasteiger partial charge is 0.250 e. The van der Waals surface area contributed by atoms with Crippen LogP contribution in [0.5, 0.6) is 5.75 Å². The van der Waals surface area contributed by atoms with Crippen LogP contribution in [0, 0.1) is 6.92 Å². The standard InChI is InChI=1S/C40H42N2O2Si/c1-29-35-24-22-31(26-30(35)23-25-37(29)44-45(5,6)39(2,3)4)38(43)36-27-42(28-41-36)40(32-16-10-7-11-17-32,33-18-12-8-13-19-33)34-20-14-9-15-21-34/h7-28,38,43H,1-6H3. The van der Waals surface area contributed by atoms with Crippen molar-refractivity contribution in [3.05, 3.63) is 167 Å². The summed E-state index contributed by atoms with van der Waals surface area (Å²) >= 11 is 0. The van der Waals surface area contributed by atoms with Crippen LogP contribution in [0.1, 0.15) is 60.4 Å². The van der Waals surface area contributed by atoms with Gasteiger partial charge in [-0.3, -0.25) is 0 Å². The zero-order valence-electron chi connectivity index (χ0n) is 27.0. The number of nitrogens with zero attached hydrogens (tertiary/aromatic N) is 2. The van der Waals surface area contributed by atoms with Crippen molar-refractivity contribution in [2.75, 3.05) is 0 Å². The number of fused-ring (bicyclic) bond motifs is 1. The molecule has 0 aliphatic rings. The maximum Gasteiger partial charge on any atom is 0.250 e. The third-order valence-corrected chi connectivity index (χ3v) is 13.9. The fourth-order valence-corrected chi connectivity index (χ4v) is 7.09. The Morgan fingerprint density at radius 3 is 1.78 bits per heavy atom. The number of imidazole rings is 1. The van der Waals surface area contributed by atoms with Gasteiger partial charge in [0.05, 0.1) is 12.0 Å². The normalized spacial score (nSPS) is 13.1. The van der Waals surface area contributed by atoms with Crippen LogP contribution in [0.3, 0.4) is 0 Å². The van der Waals surface area contributed by atoms with Crippen molar-refractivity contribution in [3.63, 3.8) is 0 Å². The highest BCUT2D eigenvalue weighted by molar-refractivity contribution is 6.74. The SMILES string of the molecule is Cc1c(O[Si](C)(C)C(C)(C)C)ccc2cc(C(O)c3cn(C(c4ccccc4)(c4ccccc4)c4ccccc4)cn3)ccc12. The van der Waals surface area contributed by atoms with Crippen LogP contribution >= 0.6 is 0 Å². The molecule has 0 bridgehead atoms. The second-order valence-electron chi connectivity index (χ2n) is 13.4. The van der Waals surface area contributed by atoms with Crippen LogP contribution in [-0.2, 0) is 5.54 Å². The molecule has 5 heteroatoms. The number of aromatic nitrogens is 2. The second-order valence-corrected chi connectivity index (χ2v) is 18.2. The van der Waals surface area contributed by atoms with Crippen molar-refractivity contribution in [3.8, 4) is 5.75 Å². The average Bonchev–Trinajstić information content (AvgIpc) is 3.54. The zero-order chi connectivity index (χ0) is 31.8. The van der Waals surface area contributed by atoms with Crippen molar-refractivity contribution in [2.45, 2.75) is 57.5 Å². The van der Waals surface area contributed by atoms with E-state index in [-0.39, 0.29) is 5.04 Å². The van der Waals surface area contributed by atoms with Crippen LogP contribution in [0.25, 0.3) is 10.8 Å². The van der Waals surface area contributed by atoms with Crippen LogP contribution in [0.15, 0.2) is 134 Å². The molecule has 1 aromatic heterocycles. The van der Waals surface area contributed by atoms with Crippen molar-refractivity contribution in [1.82, 2.24) is 9.55 Å². The van der Waals surface area contributed by atoms with Gasteiger partial charge in [0.25, 0.3) is 0 Å². The first kappa shape index (κ1) is 30.6. The summed E-state index contributed by atoms with van der Waals surface area (Å²) < 4.78 is 8.81. The molecule has 0 aliphatic heterocycles. The monoisotopic (exact) mass is 610 g/mol. The van der Waals surface area contributed by atoms with Crippen LogP contribution < -0.4 is 4.43 Å². The first-order chi connectivity index (χ1) is 21.5. The molecule has 0 amide bonds. The molecule has 0 spiro atoms. The van der Waals surface area contributed by atoms with Crippen molar-refractivity contribution >= 4 is 19.1 Å². The highest BCUT2D eigenvalue weighted by Crippen LogP contribution is 2.42. The van der Waals surface area contributed by atoms with E-state index in [1.165, 1.54) is 0 Å².